The fourth-order valence-electron chi connectivity index (χ4n) is 3.41. The summed E-state index contributed by atoms with van der Waals surface area (Å²) in [6.45, 7) is 14.4. The van der Waals surface area contributed by atoms with Crippen LogP contribution >= 0.6 is 0 Å². The Morgan fingerprint density at radius 2 is 1.53 bits per heavy atom. The highest BCUT2D eigenvalue weighted by atomic mass is 19.2. The van der Waals surface area contributed by atoms with Crippen LogP contribution in [0.25, 0.3) is 0 Å². The Morgan fingerprint density at radius 3 is 2.03 bits per heavy atom. The van der Waals surface area contributed by atoms with Gasteiger partial charge in [-0.05, 0) is 54.5 Å². The van der Waals surface area contributed by atoms with Gasteiger partial charge < -0.3 is 23.8 Å². The topological polar surface area (TPSA) is 51.2 Å². The molecular formula is C21H31BF2N2O4. The minimum absolute atomic E-state index is 0.0438. The molecule has 2 heterocycles. The molecule has 1 aromatic rings. The van der Waals surface area contributed by atoms with Crippen LogP contribution in [0.3, 0.4) is 0 Å². The van der Waals surface area contributed by atoms with Gasteiger partial charge in [0.15, 0.2) is 11.6 Å². The molecule has 166 valence electrons. The van der Waals surface area contributed by atoms with Crippen molar-refractivity contribution in [3.05, 3.63) is 23.8 Å². The SMILES string of the molecule is CC(C)(C)OC(=O)N1CCN(c2ccc(B3OC(C)(C)C(C)(C)O3)c(F)c2F)CC1. The van der Waals surface area contributed by atoms with Crippen molar-refractivity contribution in [3.63, 3.8) is 0 Å². The molecule has 0 aliphatic carbocycles. The Balaban J connectivity index is 1.71. The first-order valence-corrected chi connectivity index (χ1v) is 10.3. The van der Waals surface area contributed by atoms with E-state index in [0.29, 0.717) is 26.2 Å². The zero-order chi connectivity index (χ0) is 22.5. The first kappa shape index (κ1) is 22.8. The molecule has 1 aromatic carbocycles. The second kappa shape index (κ2) is 7.68. The molecule has 2 aliphatic rings. The maximum absolute atomic E-state index is 14.9. The van der Waals surface area contributed by atoms with Crippen molar-refractivity contribution >= 4 is 24.4 Å². The second-order valence-corrected chi connectivity index (χ2v) is 9.84. The summed E-state index contributed by atoms with van der Waals surface area (Å²) in [7, 11) is -0.970. The number of benzene rings is 1. The van der Waals surface area contributed by atoms with E-state index >= 15 is 0 Å². The number of anilines is 1. The van der Waals surface area contributed by atoms with E-state index in [-0.39, 0.29) is 11.2 Å². The molecule has 3 rings (SSSR count). The van der Waals surface area contributed by atoms with E-state index in [1.807, 2.05) is 27.7 Å². The Morgan fingerprint density at radius 1 is 1.00 bits per heavy atom. The fraction of sp³-hybridized carbons (Fsp3) is 0.667. The lowest BCUT2D eigenvalue weighted by atomic mass is 9.78. The highest BCUT2D eigenvalue weighted by Gasteiger charge is 2.52. The standard InChI is InChI=1S/C21H31BF2N2O4/c1-19(2,3)28-18(27)26-12-10-25(11-13-26)15-9-8-14(16(23)17(15)24)22-29-20(4,5)21(6,7)30-22/h8-9H,10-13H2,1-7H3. The summed E-state index contributed by atoms with van der Waals surface area (Å²) in [4.78, 5) is 15.5. The summed E-state index contributed by atoms with van der Waals surface area (Å²) in [6.07, 6.45) is -0.398. The van der Waals surface area contributed by atoms with Crippen LogP contribution in [0.1, 0.15) is 48.5 Å². The Labute approximate surface area is 177 Å². The molecule has 0 bridgehead atoms. The zero-order valence-electron chi connectivity index (χ0n) is 18.8. The van der Waals surface area contributed by atoms with E-state index in [9.17, 15) is 13.6 Å². The predicted molar refractivity (Wildman–Crippen MR) is 112 cm³/mol. The lowest BCUT2D eigenvalue weighted by Crippen LogP contribution is -2.50. The average Bonchev–Trinajstić information content (AvgIpc) is 2.83. The lowest BCUT2D eigenvalue weighted by molar-refractivity contribution is 0.00578. The molecule has 0 atom stereocenters. The number of hydrogen-bond acceptors (Lipinski definition) is 5. The van der Waals surface area contributed by atoms with Gasteiger partial charge in [0.25, 0.3) is 0 Å². The summed E-state index contributed by atoms with van der Waals surface area (Å²) in [5.74, 6) is -1.91. The third-order valence-corrected chi connectivity index (χ3v) is 5.87. The minimum atomic E-state index is -0.972. The van der Waals surface area contributed by atoms with Gasteiger partial charge in [-0.1, -0.05) is 6.07 Å². The summed E-state index contributed by atoms with van der Waals surface area (Å²) in [6, 6.07) is 3.05. The Hall–Kier alpha value is -1.87. The molecule has 0 N–H and O–H groups in total. The van der Waals surface area contributed by atoms with Crippen molar-refractivity contribution in [2.75, 3.05) is 31.1 Å². The molecule has 0 radical (unpaired) electrons. The fourth-order valence-corrected chi connectivity index (χ4v) is 3.41. The number of hydrogen-bond donors (Lipinski definition) is 0. The van der Waals surface area contributed by atoms with Crippen LogP contribution < -0.4 is 10.4 Å². The Kier molecular flexibility index (Phi) is 5.84. The van der Waals surface area contributed by atoms with E-state index < -0.39 is 41.6 Å². The van der Waals surface area contributed by atoms with Crippen LogP contribution in [-0.4, -0.2) is 61.1 Å². The van der Waals surface area contributed by atoms with Gasteiger partial charge in [-0.25, -0.2) is 13.6 Å². The molecule has 2 aliphatic heterocycles. The number of amides is 1. The highest BCUT2D eigenvalue weighted by Crippen LogP contribution is 2.37. The Bertz CT molecular complexity index is 802. The molecule has 9 heteroatoms. The van der Waals surface area contributed by atoms with E-state index in [2.05, 4.69) is 0 Å². The predicted octanol–water partition coefficient (Wildman–Crippen LogP) is 3.32. The van der Waals surface area contributed by atoms with E-state index in [1.54, 1.807) is 36.6 Å². The van der Waals surface area contributed by atoms with Crippen molar-refractivity contribution in [1.29, 1.82) is 0 Å². The van der Waals surface area contributed by atoms with Gasteiger partial charge >= 0.3 is 13.2 Å². The molecule has 0 saturated carbocycles. The van der Waals surface area contributed by atoms with Gasteiger partial charge in [-0.3, -0.25) is 0 Å². The molecule has 1 amide bonds. The molecule has 0 spiro atoms. The van der Waals surface area contributed by atoms with Crippen LogP contribution in [-0.2, 0) is 14.0 Å². The summed E-state index contributed by atoms with van der Waals surface area (Å²) in [5.41, 5.74) is -1.65. The largest absolute Gasteiger partial charge is 0.497 e. The van der Waals surface area contributed by atoms with Gasteiger partial charge in [-0.15, -0.1) is 0 Å². The van der Waals surface area contributed by atoms with E-state index in [0.717, 1.165) is 0 Å². The van der Waals surface area contributed by atoms with Crippen LogP contribution in [0.4, 0.5) is 19.3 Å². The molecule has 0 aromatic heterocycles. The number of piperazine rings is 1. The van der Waals surface area contributed by atoms with Gasteiger partial charge in [0.05, 0.1) is 16.9 Å². The van der Waals surface area contributed by atoms with Crippen LogP contribution in [0.2, 0.25) is 0 Å². The molecule has 2 saturated heterocycles. The van der Waals surface area contributed by atoms with Gasteiger partial charge in [0.2, 0.25) is 0 Å². The smallest absolute Gasteiger partial charge is 0.444 e. The van der Waals surface area contributed by atoms with Gasteiger partial charge in [0.1, 0.15) is 5.60 Å². The maximum Gasteiger partial charge on any atom is 0.497 e. The van der Waals surface area contributed by atoms with Crippen LogP contribution in [0.15, 0.2) is 12.1 Å². The number of nitrogens with zero attached hydrogens (tertiary/aromatic N) is 2. The quantitative estimate of drug-likeness (QED) is 0.682. The summed E-state index contributed by atoms with van der Waals surface area (Å²) in [5, 5.41) is 0. The number of ether oxygens (including phenoxy) is 1. The third kappa shape index (κ3) is 4.42. The number of carbonyl (C=O) groups excluding carboxylic acids is 1. The number of rotatable bonds is 2. The first-order chi connectivity index (χ1) is 13.7. The molecular weight excluding hydrogens is 393 g/mol. The van der Waals surface area contributed by atoms with E-state index in [4.69, 9.17) is 14.0 Å². The maximum atomic E-state index is 14.9. The minimum Gasteiger partial charge on any atom is -0.444 e. The lowest BCUT2D eigenvalue weighted by Gasteiger charge is -2.37. The molecule has 6 nitrogen and oxygen atoms in total. The third-order valence-electron chi connectivity index (χ3n) is 5.87. The molecule has 0 unspecified atom stereocenters. The number of halogens is 2. The van der Waals surface area contributed by atoms with Crippen LogP contribution in [0.5, 0.6) is 0 Å². The van der Waals surface area contributed by atoms with E-state index in [1.165, 1.54) is 6.07 Å². The first-order valence-electron chi connectivity index (χ1n) is 10.3. The summed E-state index contributed by atoms with van der Waals surface area (Å²) < 4.78 is 46.9. The van der Waals surface area contributed by atoms with Gasteiger partial charge in [0, 0.05) is 31.6 Å². The van der Waals surface area contributed by atoms with Crippen molar-refractivity contribution in [1.82, 2.24) is 4.90 Å². The van der Waals surface area contributed by atoms with Crippen molar-refractivity contribution < 1.29 is 27.6 Å². The van der Waals surface area contributed by atoms with Crippen LogP contribution in [0, 0.1) is 11.6 Å². The normalized spacial score (nSPS) is 21.2. The van der Waals surface area contributed by atoms with Crippen molar-refractivity contribution in [2.45, 2.75) is 65.3 Å². The second-order valence-electron chi connectivity index (χ2n) is 9.84. The highest BCUT2D eigenvalue weighted by molar-refractivity contribution is 6.62. The number of carbonyl (C=O) groups is 1. The summed E-state index contributed by atoms with van der Waals surface area (Å²) >= 11 is 0. The van der Waals surface area contributed by atoms with Crippen molar-refractivity contribution in [2.24, 2.45) is 0 Å². The molecule has 30 heavy (non-hydrogen) atoms. The zero-order valence-corrected chi connectivity index (χ0v) is 18.8. The monoisotopic (exact) mass is 424 g/mol. The van der Waals surface area contributed by atoms with Gasteiger partial charge in [-0.2, -0.15) is 0 Å². The average molecular weight is 424 g/mol. The van der Waals surface area contributed by atoms with Crippen molar-refractivity contribution in [3.8, 4) is 0 Å². The molecule has 2 fully saturated rings.